The van der Waals surface area contributed by atoms with Gasteiger partial charge in [0.05, 0.1) is 29.3 Å². The van der Waals surface area contributed by atoms with Crippen LogP contribution in [0.15, 0.2) is 11.7 Å². The molecule has 1 aromatic heterocycles. The third-order valence-electron chi connectivity index (χ3n) is 3.77. The maximum atomic E-state index is 9.55. The van der Waals surface area contributed by atoms with Gasteiger partial charge in [-0.05, 0) is 39.2 Å². The summed E-state index contributed by atoms with van der Waals surface area (Å²) in [7, 11) is -0.577. The van der Waals surface area contributed by atoms with Crippen molar-refractivity contribution in [1.29, 1.82) is 0 Å². The first kappa shape index (κ1) is 15.7. The Bertz CT molecular complexity index is 496. The monoisotopic (exact) mass is 297 g/mol. The Balaban J connectivity index is 2.21. The molecular weight excluding hydrogens is 277 g/mol. The van der Waals surface area contributed by atoms with Crippen LogP contribution in [0.3, 0.4) is 0 Å². The van der Waals surface area contributed by atoms with Gasteiger partial charge in [0.2, 0.25) is 0 Å². The molecule has 0 radical (unpaired) electrons. The Hall–Kier alpha value is -0.725. The van der Waals surface area contributed by atoms with Crippen molar-refractivity contribution in [2.45, 2.75) is 45.5 Å². The number of rotatable bonds is 4. The topological polar surface area (TPSA) is 71.8 Å². The van der Waals surface area contributed by atoms with Crippen LogP contribution in [0.1, 0.15) is 37.6 Å². The molecule has 0 unspecified atom stereocenters. The zero-order valence-electron chi connectivity index (χ0n) is 12.2. The molecule has 0 aliphatic carbocycles. The second-order valence-electron chi connectivity index (χ2n) is 5.79. The zero-order chi connectivity index (χ0) is 15.0. The van der Waals surface area contributed by atoms with Crippen LogP contribution in [-0.2, 0) is 15.9 Å². The van der Waals surface area contributed by atoms with E-state index < -0.39 is 18.3 Å². The number of aromatic nitrogens is 1. The number of aliphatic hydroxyl groups excluding tert-OH is 2. The maximum absolute atomic E-state index is 9.55. The Morgan fingerprint density at radius 1 is 1.30 bits per heavy atom. The van der Waals surface area contributed by atoms with E-state index in [-0.39, 0.29) is 13.2 Å². The third-order valence-corrected chi connectivity index (χ3v) is 4.70. The largest absolute Gasteiger partial charge is 0.493 e. The van der Waals surface area contributed by atoms with Crippen molar-refractivity contribution >= 4 is 24.5 Å². The molecule has 2 heterocycles. The highest BCUT2D eigenvalue weighted by molar-refractivity contribution is 7.12. The van der Waals surface area contributed by atoms with Gasteiger partial charge in [0.1, 0.15) is 5.01 Å². The lowest BCUT2D eigenvalue weighted by molar-refractivity contribution is 0.00578. The molecule has 0 spiro atoms. The first-order valence-electron chi connectivity index (χ1n) is 6.51. The van der Waals surface area contributed by atoms with Crippen LogP contribution in [0, 0.1) is 0 Å². The van der Waals surface area contributed by atoms with Gasteiger partial charge in [0.25, 0.3) is 0 Å². The SMILES string of the molecule is CC1(C)OB(C(=Cc2ncc(CO)s2)CO)OC1(C)C. The standard InChI is InChI=1S/C13H20BNO4S/c1-12(2)13(3,4)19-14(18-12)9(7-16)5-11-15-6-10(8-17)20-11/h5-6,16-17H,7-8H2,1-4H3. The Kier molecular flexibility index (Phi) is 4.37. The van der Waals surface area contributed by atoms with Crippen LogP contribution < -0.4 is 0 Å². The van der Waals surface area contributed by atoms with Gasteiger partial charge in [0, 0.05) is 6.20 Å². The lowest BCUT2D eigenvalue weighted by Crippen LogP contribution is -2.41. The van der Waals surface area contributed by atoms with E-state index >= 15 is 0 Å². The summed E-state index contributed by atoms with van der Waals surface area (Å²) in [6.07, 6.45) is 3.38. The van der Waals surface area contributed by atoms with Crippen LogP contribution in [0.4, 0.5) is 0 Å². The van der Waals surface area contributed by atoms with Gasteiger partial charge in [-0.15, -0.1) is 11.3 Å². The summed E-state index contributed by atoms with van der Waals surface area (Å²) in [5.74, 6) is 0. The zero-order valence-corrected chi connectivity index (χ0v) is 13.0. The molecule has 2 rings (SSSR count). The minimum Gasteiger partial charge on any atom is -0.400 e. The highest BCUT2D eigenvalue weighted by Gasteiger charge is 2.52. The third kappa shape index (κ3) is 2.97. The van der Waals surface area contributed by atoms with E-state index in [0.717, 1.165) is 4.88 Å². The molecular formula is C13H20BNO4S. The Morgan fingerprint density at radius 3 is 2.35 bits per heavy atom. The lowest BCUT2D eigenvalue weighted by atomic mass is 9.78. The summed E-state index contributed by atoms with van der Waals surface area (Å²) in [6.45, 7) is 7.68. The predicted octanol–water partition coefficient (Wildman–Crippen LogP) is 1.64. The molecule has 1 aliphatic rings. The summed E-state index contributed by atoms with van der Waals surface area (Å²) < 4.78 is 11.8. The number of nitrogens with zero attached hydrogens (tertiary/aromatic N) is 1. The molecule has 0 aromatic carbocycles. The van der Waals surface area contributed by atoms with Crippen molar-refractivity contribution in [1.82, 2.24) is 4.98 Å². The Labute approximate surface area is 123 Å². The van der Waals surface area contributed by atoms with Crippen LogP contribution in [0.2, 0.25) is 0 Å². The summed E-state index contributed by atoms with van der Waals surface area (Å²) >= 11 is 1.38. The predicted molar refractivity (Wildman–Crippen MR) is 79.2 cm³/mol. The van der Waals surface area contributed by atoms with Crippen LogP contribution >= 0.6 is 11.3 Å². The normalized spacial score (nSPS) is 21.5. The second kappa shape index (κ2) is 5.58. The second-order valence-corrected chi connectivity index (χ2v) is 6.94. The first-order chi connectivity index (χ1) is 9.29. The average Bonchev–Trinajstić information content (AvgIpc) is 2.89. The number of thiazole rings is 1. The number of hydrogen-bond donors (Lipinski definition) is 2. The van der Waals surface area contributed by atoms with E-state index in [9.17, 15) is 5.11 Å². The fraction of sp³-hybridized carbons (Fsp3) is 0.615. The molecule has 20 heavy (non-hydrogen) atoms. The lowest BCUT2D eigenvalue weighted by Gasteiger charge is -2.32. The van der Waals surface area contributed by atoms with Crippen molar-refractivity contribution in [2.75, 3.05) is 6.61 Å². The van der Waals surface area contributed by atoms with E-state index in [1.54, 1.807) is 12.3 Å². The smallest absolute Gasteiger partial charge is 0.400 e. The van der Waals surface area contributed by atoms with E-state index in [1.165, 1.54) is 11.3 Å². The number of hydrogen-bond acceptors (Lipinski definition) is 6. The van der Waals surface area contributed by atoms with Crippen LogP contribution in [0.25, 0.3) is 6.08 Å². The summed E-state index contributed by atoms with van der Waals surface area (Å²) in [5, 5.41) is 19.3. The van der Waals surface area contributed by atoms with Crippen molar-refractivity contribution < 1.29 is 19.5 Å². The molecule has 1 aliphatic heterocycles. The number of aliphatic hydroxyl groups is 2. The Morgan fingerprint density at radius 2 is 1.90 bits per heavy atom. The molecule has 1 saturated heterocycles. The van der Waals surface area contributed by atoms with Gasteiger partial charge < -0.3 is 19.5 Å². The minimum atomic E-state index is -0.577. The molecule has 0 atom stereocenters. The summed E-state index contributed by atoms with van der Waals surface area (Å²) in [5.41, 5.74) is -0.252. The van der Waals surface area contributed by atoms with Gasteiger partial charge in [-0.2, -0.15) is 0 Å². The molecule has 1 fully saturated rings. The van der Waals surface area contributed by atoms with Gasteiger partial charge in [-0.3, -0.25) is 0 Å². The van der Waals surface area contributed by atoms with Crippen molar-refractivity contribution in [3.63, 3.8) is 0 Å². The average molecular weight is 297 g/mol. The van der Waals surface area contributed by atoms with Gasteiger partial charge >= 0.3 is 7.12 Å². The van der Waals surface area contributed by atoms with Crippen LogP contribution in [-0.4, -0.2) is 40.1 Å². The van der Waals surface area contributed by atoms with Gasteiger partial charge in [-0.25, -0.2) is 4.98 Å². The minimum absolute atomic E-state index is 0.0313. The van der Waals surface area contributed by atoms with Crippen LogP contribution in [0.5, 0.6) is 0 Å². The highest BCUT2D eigenvalue weighted by atomic mass is 32.1. The van der Waals surface area contributed by atoms with Crippen molar-refractivity contribution in [2.24, 2.45) is 0 Å². The molecule has 0 amide bonds. The molecule has 0 bridgehead atoms. The van der Waals surface area contributed by atoms with Crippen molar-refractivity contribution in [3.8, 4) is 0 Å². The first-order valence-corrected chi connectivity index (χ1v) is 7.33. The summed E-state index contributed by atoms with van der Waals surface area (Å²) in [4.78, 5) is 4.96. The quantitative estimate of drug-likeness (QED) is 0.827. The maximum Gasteiger partial charge on any atom is 0.493 e. The highest BCUT2D eigenvalue weighted by Crippen LogP contribution is 2.38. The fourth-order valence-corrected chi connectivity index (χ4v) is 2.56. The molecule has 1 aromatic rings. The van der Waals surface area contributed by atoms with E-state index in [2.05, 4.69) is 4.98 Å². The van der Waals surface area contributed by atoms with E-state index in [1.807, 2.05) is 27.7 Å². The van der Waals surface area contributed by atoms with E-state index in [4.69, 9.17) is 14.4 Å². The van der Waals surface area contributed by atoms with E-state index in [0.29, 0.717) is 10.5 Å². The molecule has 2 N–H and O–H groups in total. The molecule has 0 saturated carbocycles. The summed E-state index contributed by atoms with van der Waals surface area (Å²) in [6, 6.07) is 0. The fourth-order valence-electron chi connectivity index (χ4n) is 1.80. The molecule has 7 heteroatoms. The van der Waals surface area contributed by atoms with Gasteiger partial charge in [0.15, 0.2) is 0 Å². The van der Waals surface area contributed by atoms with Gasteiger partial charge in [-0.1, -0.05) is 0 Å². The molecule has 5 nitrogen and oxygen atoms in total. The molecule has 110 valence electrons. The van der Waals surface area contributed by atoms with Crippen molar-refractivity contribution in [3.05, 3.63) is 21.6 Å².